The number of amides is 1. The molecule has 1 aromatic rings. The van der Waals surface area contributed by atoms with E-state index in [1.165, 1.54) is 4.90 Å². The average Bonchev–Trinajstić information content (AvgIpc) is 2.35. The minimum absolute atomic E-state index is 0.176. The lowest BCUT2D eigenvalue weighted by Gasteiger charge is -2.37. The van der Waals surface area contributed by atoms with Crippen molar-refractivity contribution >= 4 is 11.9 Å². The number of carboxylic acid groups (broad SMARTS) is 1. The first-order valence-corrected chi connectivity index (χ1v) is 6.84. The number of benzene rings is 1. The minimum Gasteiger partial charge on any atom is -0.465 e. The molecule has 1 aromatic carbocycles. The van der Waals surface area contributed by atoms with E-state index < -0.39 is 17.7 Å². The molecule has 0 saturated heterocycles. The number of rotatable bonds is 4. The fourth-order valence-electron chi connectivity index (χ4n) is 2.30. The van der Waals surface area contributed by atoms with Gasteiger partial charge in [-0.3, -0.25) is 9.69 Å². The van der Waals surface area contributed by atoms with Gasteiger partial charge in [0.1, 0.15) is 0 Å². The van der Waals surface area contributed by atoms with E-state index in [0.29, 0.717) is 5.56 Å². The van der Waals surface area contributed by atoms with Gasteiger partial charge in [0, 0.05) is 11.1 Å². The molecule has 1 N–H and O–H groups in total. The molecule has 1 rings (SSSR count). The molecule has 1 atom stereocenters. The summed E-state index contributed by atoms with van der Waals surface area (Å²) in [7, 11) is 0. The van der Waals surface area contributed by atoms with Gasteiger partial charge in [0.15, 0.2) is 5.78 Å². The summed E-state index contributed by atoms with van der Waals surface area (Å²) >= 11 is 0. The Morgan fingerprint density at radius 3 is 2.05 bits per heavy atom. The predicted molar refractivity (Wildman–Crippen MR) is 79.2 cm³/mol. The van der Waals surface area contributed by atoms with Crippen LogP contribution in [0.4, 0.5) is 4.79 Å². The van der Waals surface area contributed by atoms with Gasteiger partial charge in [-0.15, -0.1) is 0 Å². The van der Waals surface area contributed by atoms with Gasteiger partial charge >= 0.3 is 6.09 Å². The van der Waals surface area contributed by atoms with Crippen molar-refractivity contribution in [1.29, 1.82) is 0 Å². The summed E-state index contributed by atoms with van der Waals surface area (Å²) in [5.41, 5.74) is 1.08. The smallest absolute Gasteiger partial charge is 0.408 e. The minimum atomic E-state index is -1.08. The molecule has 110 valence electrons. The Bertz CT molecular complexity index is 485. The highest BCUT2D eigenvalue weighted by atomic mass is 16.4. The highest BCUT2D eigenvalue weighted by Crippen LogP contribution is 2.20. The van der Waals surface area contributed by atoms with Crippen LogP contribution in [0.5, 0.6) is 0 Å². The van der Waals surface area contributed by atoms with E-state index in [1.807, 2.05) is 19.1 Å². The Morgan fingerprint density at radius 2 is 1.70 bits per heavy atom. The predicted octanol–water partition coefficient (Wildman–Crippen LogP) is 3.60. The summed E-state index contributed by atoms with van der Waals surface area (Å²) < 4.78 is 0. The van der Waals surface area contributed by atoms with Gasteiger partial charge in [0.05, 0.1) is 6.04 Å². The Balaban J connectivity index is 3.02. The van der Waals surface area contributed by atoms with Crippen molar-refractivity contribution in [2.75, 3.05) is 0 Å². The lowest BCUT2D eigenvalue weighted by molar-refractivity contribution is 0.0589. The number of ketones is 1. The summed E-state index contributed by atoms with van der Waals surface area (Å²) in [5, 5.41) is 9.33. The Labute approximate surface area is 120 Å². The molecule has 0 bridgehead atoms. The van der Waals surface area contributed by atoms with Crippen LogP contribution in [0.15, 0.2) is 24.3 Å². The monoisotopic (exact) mass is 277 g/mol. The second-order valence-electron chi connectivity index (χ2n) is 5.91. The van der Waals surface area contributed by atoms with E-state index in [0.717, 1.165) is 12.0 Å². The maximum atomic E-state index is 12.4. The van der Waals surface area contributed by atoms with E-state index in [2.05, 4.69) is 0 Å². The molecule has 0 aliphatic carbocycles. The van der Waals surface area contributed by atoms with Crippen LogP contribution in [0.1, 0.15) is 50.5 Å². The summed E-state index contributed by atoms with van der Waals surface area (Å²) in [6.45, 7) is 9.03. The van der Waals surface area contributed by atoms with Gasteiger partial charge in [0.25, 0.3) is 0 Å². The fourth-order valence-corrected chi connectivity index (χ4v) is 2.30. The van der Waals surface area contributed by atoms with E-state index in [-0.39, 0.29) is 5.78 Å². The third-order valence-corrected chi connectivity index (χ3v) is 3.34. The number of hydrogen-bond acceptors (Lipinski definition) is 2. The van der Waals surface area contributed by atoms with Crippen LogP contribution in [-0.2, 0) is 6.42 Å². The van der Waals surface area contributed by atoms with E-state index in [1.54, 1.807) is 39.8 Å². The Hall–Kier alpha value is -1.84. The molecular formula is C16H23NO3. The van der Waals surface area contributed by atoms with Gasteiger partial charge in [-0.05, 0) is 39.7 Å². The van der Waals surface area contributed by atoms with Crippen LogP contribution in [0.3, 0.4) is 0 Å². The molecule has 0 unspecified atom stereocenters. The zero-order chi connectivity index (χ0) is 15.5. The highest BCUT2D eigenvalue weighted by Gasteiger charge is 2.34. The first-order valence-electron chi connectivity index (χ1n) is 6.84. The second-order valence-corrected chi connectivity index (χ2v) is 5.91. The maximum Gasteiger partial charge on any atom is 0.408 e. The molecule has 0 heterocycles. The quantitative estimate of drug-likeness (QED) is 0.855. The van der Waals surface area contributed by atoms with Gasteiger partial charge in [0.2, 0.25) is 0 Å². The van der Waals surface area contributed by atoms with Crippen molar-refractivity contribution in [3.05, 3.63) is 35.4 Å². The number of nitrogens with zero attached hydrogens (tertiary/aromatic N) is 1. The molecule has 0 spiro atoms. The Morgan fingerprint density at radius 1 is 1.20 bits per heavy atom. The highest BCUT2D eigenvalue weighted by molar-refractivity contribution is 6.01. The molecule has 0 aliphatic rings. The summed E-state index contributed by atoms with van der Waals surface area (Å²) in [6.07, 6.45) is -0.170. The van der Waals surface area contributed by atoms with E-state index >= 15 is 0 Å². The largest absolute Gasteiger partial charge is 0.465 e. The zero-order valence-electron chi connectivity index (χ0n) is 12.8. The summed E-state index contributed by atoms with van der Waals surface area (Å²) in [4.78, 5) is 25.0. The molecule has 0 fully saturated rings. The van der Waals surface area contributed by atoms with Gasteiger partial charge in [-0.2, -0.15) is 0 Å². The number of carbonyl (C=O) groups is 2. The normalized spacial score (nSPS) is 12.8. The molecule has 4 nitrogen and oxygen atoms in total. The molecular weight excluding hydrogens is 254 g/mol. The van der Waals surface area contributed by atoms with Gasteiger partial charge < -0.3 is 5.11 Å². The molecule has 0 radical (unpaired) electrons. The first-order chi connectivity index (χ1) is 9.18. The number of hydrogen-bond donors (Lipinski definition) is 1. The van der Waals surface area contributed by atoms with Crippen molar-refractivity contribution < 1.29 is 14.7 Å². The third kappa shape index (κ3) is 3.59. The fraction of sp³-hybridized carbons (Fsp3) is 0.500. The SMILES string of the molecule is CCc1ccc(C(=O)[C@H](C)N(C(=O)O)C(C)(C)C)cc1. The molecule has 1 amide bonds. The molecule has 0 aromatic heterocycles. The van der Waals surface area contributed by atoms with E-state index in [9.17, 15) is 14.7 Å². The van der Waals surface area contributed by atoms with Crippen LogP contribution in [0, 0.1) is 0 Å². The lowest BCUT2D eigenvalue weighted by Crippen LogP contribution is -2.52. The van der Waals surface area contributed by atoms with Crippen molar-refractivity contribution in [2.45, 2.75) is 52.6 Å². The Kier molecular flexibility index (Phi) is 4.93. The van der Waals surface area contributed by atoms with Crippen LogP contribution in [0.25, 0.3) is 0 Å². The topological polar surface area (TPSA) is 57.6 Å². The van der Waals surface area contributed by atoms with Crippen LogP contribution < -0.4 is 0 Å². The standard InChI is InChI=1S/C16H23NO3/c1-6-12-7-9-13(10-8-12)14(18)11(2)17(15(19)20)16(3,4)5/h7-11H,6H2,1-5H3,(H,19,20)/t11-/m0/s1. The van der Waals surface area contributed by atoms with Crippen molar-refractivity contribution in [1.82, 2.24) is 4.90 Å². The number of carbonyl (C=O) groups excluding carboxylic acids is 1. The maximum absolute atomic E-state index is 12.4. The van der Waals surface area contributed by atoms with Crippen LogP contribution in [-0.4, -0.2) is 33.5 Å². The summed E-state index contributed by atoms with van der Waals surface area (Å²) in [6, 6.07) is 6.63. The second kappa shape index (κ2) is 6.07. The van der Waals surface area contributed by atoms with Crippen LogP contribution in [0.2, 0.25) is 0 Å². The van der Waals surface area contributed by atoms with Crippen molar-refractivity contribution in [3.63, 3.8) is 0 Å². The molecule has 4 heteroatoms. The average molecular weight is 277 g/mol. The third-order valence-electron chi connectivity index (χ3n) is 3.34. The lowest BCUT2D eigenvalue weighted by atomic mass is 9.98. The zero-order valence-corrected chi connectivity index (χ0v) is 12.8. The first kappa shape index (κ1) is 16.2. The molecule has 0 saturated carbocycles. The van der Waals surface area contributed by atoms with Gasteiger partial charge in [-0.25, -0.2) is 4.79 Å². The molecule has 20 heavy (non-hydrogen) atoms. The number of Topliss-reactive ketones (excluding diaryl/α,β-unsaturated/α-hetero) is 1. The van der Waals surface area contributed by atoms with Crippen LogP contribution >= 0.6 is 0 Å². The molecule has 0 aliphatic heterocycles. The van der Waals surface area contributed by atoms with Gasteiger partial charge in [-0.1, -0.05) is 31.2 Å². The summed E-state index contributed by atoms with van der Waals surface area (Å²) in [5.74, 6) is -0.176. The van der Waals surface area contributed by atoms with E-state index in [4.69, 9.17) is 0 Å². The van der Waals surface area contributed by atoms with Crippen molar-refractivity contribution in [2.24, 2.45) is 0 Å². The number of aryl methyl sites for hydroxylation is 1. The van der Waals surface area contributed by atoms with Crippen molar-refractivity contribution in [3.8, 4) is 0 Å².